The van der Waals surface area contributed by atoms with E-state index in [-0.39, 0.29) is 5.76 Å². The van der Waals surface area contributed by atoms with Gasteiger partial charge in [-0.1, -0.05) is 18.2 Å². The molecule has 0 bridgehead atoms. The lowest BCUT2D eigenvalue weighted by Gasteiger charge is -2.10. The summed E-state index contributed by atoms with van der Waals surface area (Å²) in [7, 11) is 0. The van der Waals surface area contributed by atoms with E-state index in [4.69, 9.17) is 4.42 Å². The molecule has 3 aromatic heterocycles. The van der Waals surface area contributed by atoms with Gasteiger partial charge in [-0.15, -0.1) is 11.3 Å². The summed E-state index contributed by atoms with van der Waals surface area (Å²) < 4.78 is 7.02. The van der Waals surface area contributed by atoms with Gasteiger partial charge in [-0.3, -0.25) is 25.2 Å². The van der Waals surface area contributed by atoms with Crippen LogP contribution in [0.15, 0.2) is 71.3 Å². The Balaban J connectivity index is 1.39. The molecule has 0 saturated heterocycles. The number of nitrogens with zero attached hydrogens (tertiary/aromatic N) is 1. The lowest BCUT2D eigenvalue weighted by atomic mass is 10.2. The Bertz CT molecular complexity index is 1270. The Kier molecular flexibility index (Phi) is 5.91. The van der Waals surface area contributed by atoms with Gasteiger partial charge in [0.15, 0.2) is 5.76 Å². The van der Waals surface area contributed by atoms with Crippen molar-refractivity contribution >= 4 is 34.1 Å². The number of hydrogen-bond acceptors (Lipinski definition) is 5. The van der Waals surface area contributed by atoms with Crippen molar-refractivity contribution in [3.05, 3.63) is 94.5 Å². The predicted octanol–water partition coefficient (Wildman–Crippen LogP) is 4.08. The van der Waals surface area contributed by atoms with Crippen LogP contribution >= 0.6 is 11.3 Å². The number of para-hydroxylation sites is 1. The Labute approximate surface area is 187 Å². The van der Waals surface area contributed by atoms with Gasteiger partial charge in [0.2, 0.25) is 0 Å². The maximum Gasteiger partial charge on any atom is 0.291 e. The number of nitrogens with one attached hydrogen (secondary N) is 3. The minimum atomic E-state index is -0.487. The molecule has 0 spiro atoms. The summed E-state index contributed by atoms with van der Waals surface area (Å²) in [5.74, 6) is -1.15. The highest BCUT2D eigenvalue weighted by molar-refractivity contribution is 7.18. The molecule has 162 valence electrons. The van der Waals surface area contributed by atoms with Gasteiger partial charge in [0.25, 0.3) is 17.7 Å². The van der Waals surface area contributed by atoms with Crippen molar-refractivity contribution in [2.45, 2.75) is 13.8 Å². The van der Waals surface area contributed by atoms with E-state index >= 15 is 0 Å². The molecule has 3 amide bonds. The second-order valence-electron chi connectivity index (χ2n) is 6.96. The first kappa shape index (κ1) is 21.1. The smallest absolute Gasteiger partial charge is 0.291 e. The summed E-state index contributed by atoms with van der Waals surface area (Å²) in [6, 6.07) is 17.8. The number of hydrazine groups is 1. The Morgan fingerprint density at radius 3 is 2.34 bits per heavy atom. The van der Waals surface area contributed by atoms with Crippen molar-refractivity contribution in [2.75, 3.05) is 5.32 Å². The summed E-state index contributed by atoms with van der Waals surface area (Å²) in [6.45, 7) is 3.77. The van der Waals surface area contributed by atoms with Crippen LogP contribution in [0.25, 0.3) is 5.69 Å². The van der Waals surface area contributed by atoms with Gasteiger partial charge < -0.3 is 14.3 Å². The summed E-state index contributed by atoms with van der Waals surface area (Å²) in [4.78, 5) is 37.5. The van der Waals surface area contributed by atoms with Crippen molar-refractivity contribution < 1.29 is 18.8 Å². The molecule has 0 radical (unpaired) electrons. The van der Waals surface area contributed by atoms with Crippen molar-refractivity contribution in [2.24, 2.45) is 0 Å². The minimum Gasteiger partial charge on any atom is -0.459 e. The SMILES string of the molecule is Cc1cc(C(=O)NNC(=O)c2ccc(NC(=O)c3ccco3)s2)c(C)n1-c1ccccc1. The number of rotatable bonds is 5. The second-order valence-corrected chi connectivity index (χ2v) is 8.04. The first-order chi connectivity index (χ1) is 15.4. The number of furan rings is 1. The first-order valence-electron chi connectivity index (χ1n) is 9.74. The number of carbonyl (C=O) groups excluding carboxylic acids is 3. The molecule has 0 saturated carbocycles. The van der Waals surface area contributed by atoms with E-state index in [1.807, 2.05) is 48.7 Å². The predicted molar refractivity (Wildman–Crippen MR) is 121 cm³/mol. The lowest BCUT2D eigenvalue weighted by Crippen LogP contribution is -2.41. The molecule has 0 fully saturated rings. The maximum atomic E-state index is 12.7. The van der Waals surface area contributed by atoms with Crippen molar-refractivity contribution in [1.82, 2.24) is 15.4 Å². The molecule has 32 heavy (non-hydrogen) atoms. The number of hydrogen-bond donors (Lipinski definition) is 3. The molecule has 4 rings (SSSR count). The van der Waals surface area contributed by atoms with Gasteiger partial charge in [0.05, 0.1) is 21.7 Å². The van der Waals surface area contributed by atoms with Gasteiger partial charge in [-0.2, -0.15) is 0 Å². The molecule has 3 heterocycles. The molecule has 8 nitrogen and oxygen atoms in total. The third-order valence-corrected chi connectivity index (χ3v) is 5.79. The summed E-state index contributed by atoms with van der Waals surface area (Å²) in [5, 5.41) is 3.14. The van der Waals surface area contributed by atoms with E-state index in [9.17, 15) is 14.4 Å². The van der Waals surface area contributed by atoms with Gasteiger partial charge in [-0.25, -0.2) is 0 Å². The maximum absolute atomic E-state index is 12.7. The summed E-state index contributed by atoms with van der Waals surface area (Å²) in [5.41, 5.74) is 7.95. The molecule has 1 aromatic carbocycles. The van der Waals surface area contributed by atoms with Crippen LogP contribution in [-0.2, 0) is 0 Å². The normalized spacial score (nSPS) is 10.6. The number of aromatic nitrogens is 1. The average Bonchev–Trinajstić information content (AvgIpc) is 3.53. The van der Waals surface area contributed by atoms with Crippen LogP contribution in [-0.4, -0.2) is 22.3 Å². The Morgan fingerprint density at radius 2 is 1.62 bits per heavy atom. The fourth-order valence-electron chi connectivity index (χ4n) is 3.32. The minimum absolute atomic E-state index is 0.171. The molecule has 9 heteroatoms. The number of carbonyl (C=O) groups is 3. The van der Waals surface area contributed by atoms with Crippen LogP contribution in [0.4, 0.5) is 5.00 Å². The average molecular weight is 449 g/mol. The quantitative estimate of drug-likeness (QED) is 0.400. The van der Waals surface area contributed by atoms with Gasteiger partial charge >= 0.3 is 0 Å². The third-order valence-electron chi connectivity index (χ3n) is 4.79. The lowest BCUT2D eigenvalue weighted by molar-refractivity contribution is 0.0848. The van der Waals surface area contributed by atoms with Gasteiger partial charge in [-0.05, 0) is 56.3 Å². The molecule has 3 N–H and O–H groups in total. The Morgan fingerprint density at radius 1 is 0.875 bits per heavy atom. The highest BCUT2D eigenvalue weighted by atomic mass is 32.1. The molecular weight excluding hydrogens is 428 g/mol. The van der Waals surface area contributed by atoms with Crippen LogP contribution in [0.1, 0.15) is 42.0 Å². The second kappa shape index (κ2) is 8.94. The van der Waals surface area contributed by atoms with Crippen LogP contribution in [0, 0.1) is 13.8 Å². The fourth-order valence-corrected chi connectivity index (χ4v) is 4.11. The van der Waals surface area contributed by atoms with Gasteiger partial charge in [0.1, 0.15) is 0 Å². The fraction of sp³-hybridized carbons (Fsp3) is 0.0870. The van der Waals surface area contributed by atoms with Crippen LogP contribution in [0.2, 0.25) is 0 Å². The van der Waals surface area contributed by atoms with E-state index in [0.717, 1.165) is 28.4 Å². The highest BCUT2D eigenvalue weighted by Gasteiger charge is 2.18. The number of thiophene rings is 1. The van der Waals surface area contributed by atoms with E-state index in [1.165, 1.54) is 6.26 Å². The number of benzene rings is 1. The van der Waals surface area contributed by atoms with Crippen molar-refractivity contribution in [1.29, 1.82) is 0 Å². The number of aryl methyl sites for hydroxylation is 1. The van der Waals surface area contributed by atoms with Crippen LogP contribution in [0.5, 0.6) is 0 Å². The molecule has 0 aliphatic carbocycles. The zero-order chi connectivity index (χ0) is 22.7. The monoisotopic (exact) mass is 448 g/mol. The van der Waals surface area contributed by atoms with E-state index in [2.05, 4.69) is 16.2 Å². The van der Waals surface area contributed by atoms with E-state index in [0.29, 0.717) is 15.4 Å². The number of amides is 3. The summed E-state index contributed by atoms with van der Waals surface area (Å²) >= 11 is 1.08. The van der Waals surface area contributed by atoms with Crippen molar-refractivity contribution in [3.63, 3.8) is 0 Å². The van der Waals surface area contributed by atoms with Crippen molar-refractivity contribution in [3.8, 4) is 5.69 Å². The molecule has 0 aliphatic heterocycles. The summed E-state index contributed by atoms with van der Waals surface area (Å²) in [6.07, 6.45) is 1.40. The molecule has 0 atom stereocenters. The molecule has 0 unspecified atom stereocenters. The zero-order valence-corrected chi connectivity index (χ0v) is 18.2. The standard InChI is InChI=1S/C23H20N4O4S/c1-14-13-17(15(2)27(14)16-7-4-3-5-8-16)21(28)25-26-23(30)19-10-11-20(32-19)24-22(29)18-9-6-12-31-18/h3-13H,1-2H3,(H,24,29)(H,25,28)(H,26,30). The first-order valence-corrected chi connectivity index (χ1v) is 10.6. The zero-order valence-electron chi connectivity index (χ0n) is 17.3. The van der Waals surface area contributed by atoms with Gasteiger partial charge in [0, 0.05) is 17.1 Å². The molecule has 4 aromatic rings. The van der Waals surface area contributed by atoms with E-state index in [1.54, 1.807) is 30.3 Å². The topological polar surface area (TPSA) is 105 Å². The van der Waals surface area contributed by atoms with Crippen LogP contribution in [0.3, 0.4) is 0 Å². The highest BCUT2D eigenvalue weighted by Crippen LogP contribution is 2.23. The van der Waals surface area contributed by atoms with E-state index < -0.39 is 17.7 Å². The third kappa shape index (κ3) is 4.33. The number of anilines is 1. The largest absolute Gasteiger partial charge is 0.459 e. The molecule has 0 aliphatic rings. The molecular formula is C23H20N4O4S. The van der Waals surface area contributed by atoms with Crippen LogP contribution < -0.4 is 16.2 Å². The Hall–Kier alpha value is -4.11.